The van der Waals surface area contributed by atoms with Crippen LogP contribution in [0.25, 0.3) is 0 Å². The number of rotatable bonds is 5. The predicted molar refractivity (Wildman–Crippen MR) is 65.7 cm³/mol. The zero-order valence-electron chi connectivity index (χ0n) is 10.5. The highest BCUT2D eigenvalue weighted by atomic mass is 16.5. The lowest BCUT2D eigenvalue weighted by Gasteiger charge is -2.43. The maximum absolute atomic E-state index is 11.5. The summed E-state index contributed by atoms with van der Waals surface area (Å²) in [6.07, 6.45) is 0. The van der Waals surface area contributed by atoms with Crippen LogP contribution in [0.2, 0.25) is 0 Å². The van der Waals surface area contributed by atoms with Gasteiger partial charge in [0.25, 0.3) is 0 Å². The summed E-state index contributed by atoms with van der Waals surface area (Å²) in [6, 6.07) is 7.11. The van der Waals surface area contributed by atoms with Gasteiger partial charge in [-0.25, -0.2) is 0 Å². The quantitative estimate of drug-likeness (QED) is 0.819. The van der Waals surface area contributed by atoms with Crippen molar-refractivity contribution in [3.8, 4) is 5.75 Å². The Bertz CT molecular complexity index is 442. The highest BCUT2D eigenvalue weighted by molar-refractivity contribution is 5.77. The fraction of sp³-hybridized carbons (Fsp3) is 0.462. The van der Waals surface area contributed by atoms with Gasteiger partial charge >= 0.3 is 5.97 Å². The van der Waals surface area contributed by atoms with Gasteiger partial charge in [0.15, 0.2) is 0 Å². The molecule has 2 rings (SSSR count). The van der Waals surface area contributed by atoms with Crippen LogP contribution in [0.5, 0.6) is 5.75 Å². The van der Waals surface area contributed by atoms with Gasteiger partial charge in [0, 0.05) is 5.56 Å². The van der Waals surface area contributed by atoms with Gasteiger partial charge in [0.2, 0.25) is 0 Å². The number of carbonyl (C=O) groups is 1. The van der Waals surface area contributed by atoms with Crippen LogP contribution >= 0.6 is 0 Å². The number of ether oxygens (including phenoxy) is 2. The lowest BCUT2D eigenvalue weighted by molar-refractivity contribution is -0.186. The Morgan fingerprint density at radius 3 is 2.61 bits per heavy atom. The van der Waals surface area contributed by atoms with Crippen molar-refractivity contribution >= 4 is 5.97 Å². The van der Waals surface area contributed by atoms with Gasteiger partial charge in [0.05, 0.1) is 26.4 Å². The molecule has 1 aliphatic rings. The Morgan fingerprint density at radius 1 is 1.50 bits per heavy atom. The summed E-state index contributed by atoms with van der Waals surface area (Å²) in [5.41, 5.74) is -0.0724. The molecule has 2 N–H and O–H groups in total. The average Bonchev–Trinajstić information content (AvgIpc) is 2.33. The zero-order valence-corrected chi connectivity index (χ0v) is 10.5. The number of benzene rings is 1. The predicted octanol–water partition coefficient (Wildman–Crippen LogP) is 1.06. The number of methoxy groups -OCH3 is 1. The Labute approximate surface area is 106 Å². The smallest absolute Gasteiger partial charge is 0.316 e. The Balaban J connectivity index is 2.42. The number of nitrogens with one attached hydrogen (secondary N) is 1. The first kappa shape index (κ1) is 12.9. The third-order valence-electron chi connectivity index (χ3n) is 3.44. The van der Waals surface area contributed by atoms with E-state index in [1.807, 2.05) is 24.3 Å². The normalized spacial score (nSPS) is 18.8. The second-order valence-electron chi connectivity index (χ2n) is 4.42. The van der Waals surface area contributed by atoms with Crippen LogP contribution in [0.15, 0.2) is 24.3 Å². The fourth-order valence-corrected chi connectivity index (χ4v) is 2.37. The third kappa shape index (κ3) is 1.85. The van der Waals surface area contributed by atoms with Gasteiger partial charge < -0.3 is 19.9 Å². The minimum absolute atomic E-state index is 0.214. The Morgan fingerprint density at radius 2 is 2.17 bits per heavy atom. The zero-order chi connectivity index (χ0) is 13.2. The third-order valence-corrected chi connectivity index (χ3v) is 3.44. The first-order chi connectivity index (χ1) is 8.65. The largest absolute Gasteiger partial charge is 0.496 e. The van der Waals surface area contributed by atoms with Gasteiger partial charge in [0.1, 0.15) is 11.2 Å². The van der Waals surface area contributed by atoms with Crippen molar-refractivity contribution in [2.24, 2.45) is 5.41 Å². The standard InChI is InChI=1S/C13H17NO4/c1-14-11(13(12(15)16)7-18-8-13)9-5-3-4-6-10(9)17-2/h3-6,11,14H,7-8H2,1-2H3,(H,15,16). The number of hydrogen-bond donors (Lipinski definition) is 2. The van der Waals surface area contributed by atoms with Gasteiger partial charge in [-0.2, -0.15) is 0 Å². The monoisotopic (exact) mass is 251 g/mol. The summed E-state index contributed by atoms with van der Waals surface area (Å²) in [5.74, 6) is -0.164. The van der Waals surface area contributed by atoms with E-state index in [0.29, 0.717) is 5.75 Å². The van der Waals surface area contributed by atoms with Crippen molar-refractivity contribution in [1.29, 1.82) is 0 Å². The summed E-state index contributed by atoms with van der Waals surface area (Å²) in [5, 5.41) is 12.5. The van der Waals surface area contributed by atoms with E-state index >= 15 is 0 Å². The first-order valence-corrected chi connectivity index (χ1v) is 5.77. The average molecular weight is 251 g/mol. The SMILES string of the molecule is CNC(c1ccccc1OC)C1(C(=O)O)COC1. The first-order valence-electron chi connectivity index (χ1n) is 5.77. The van der Waals surface area contributed by atoms with E-state index in [4.69, 9.17) is 9.47 Å². The molecule has 1 unspecified atom stereocenters. The molecule has 0 aromatic heterocycles. The molecule has 1 atom stereocenters. The van der Waals surface area contributed by atoms with Crippen molar-refractivity contribution in [3.63, 3.8) is 0 Å². The minimum atomic E-state index is -0.913. The summed E-state index contributed by atoms with van der Waals surface area (Å²) >= 11 is 0. The maximum atomic E-state index is 11.5. The van der Waals surface area contributed by atoms with Gasteiger partial charge in [-0.05, 0) is 13.1 Å². The Kier molecular flexibility index (Phi) is 3.54. The van der Waals surface area contributed by atoms with Crippen LogP contribution in [0.4, 0.5) is 0 Å². The molecule has 0 amide bonds. The van der Waals surface area contributed by atoms with Crippen LogP contribution in [0.1, 0.15) is 11.6 Å². The van der Waals surface area contributed by atoms with Crippen LogP contribution < -0.4 is 10.1 Å². The molecule has 1 aliphatic heterocycles. The molecular formula is C13H17NO4. The number of carboxylic acid groups (broad SMARTS) is 1. The lowest BCUT2D eigenvalue weighted by Crippen LogP contribution is -2.56. The highest BCUT2D eigenvalue weighted by Crippen LogP contribution is 2.43. The van der Waals surface area contributed by atoms with Crippen molar-refractivity contribution in [1.82, 2.24) is 5.32 Å². The molecule has 0 bridgehead atoms. The molecule has 1 saturated heterocycles. The van der Waals surface area contributed by atoms with E-state index in [2.05, 4.69) is 5.32 Å². The van der Waals surface area contributed by atoms with Gasteiger partial charge in [-0.1, -0.05) is 18.2 Å². The van der Waals surface area contributed by atoms with E-state index in [9.17, 15) is 9.90 Å². The summed E-state index contributed by atoms with van der Waals surface area (Å²) < 4.78 is 10.4. The van der Waals surface area contributed by atoms with E-state index in [1.165, 1.54) is 0 Å². The molecule has 1 aromatic carbocycles. The molecule has 0 saturated carbocycles. The molecule has 0 spiro atoms. The molecule has 5 heteroatoms. The lowest BCUT2D eigenvalue weighted by atomic mass is 9.75. The van der Waals surface area contributed by atoms with Crippen LogP contribution in [-0.4, -0.2) is 38.4 Å². The van der Waals surface area contributed by atoms with Crippen LogP contribution in [-0.2, 0) is 9.53 Å². The number of hydrogen-bond acceptors (Lipinski definition) is 4. The maximum Gasteiger partial charge on any atom is 0.316 e. The molecule has 98 valence electrons. The number of carboxylic acids is 1. The van der Waals surface area contributed by atoms with Gasteiger partial charge in [-0.3, -0.25) is 4.79 Å². The number of aliphatic carboxylic acids is 1. The molecule has 0 aliphatic carbocycles. The van der Waals surface area contributed by atoms with Crippen molar-refractivity contribution < 1.29 is 19.4 Å². The second kappa shape index (κ2) is 4.96. The second-order valence-corrected chi connectivity index (χ2v) is 4.42. The highest BCUT2D eigenvalue weighted by Gasteiger charge is 2.53. The Hall–Kier alpha value is -1.59. The summed E-state index contributed by atoms with van der Waals surface area (Å²) in [7, 11) is 3.33. The topological polar surface area (TPSA) is 67.8 Å². The fourth-order valence-electron chi connectivity index (χ4n) is 2.37. The molecular weight excluding hydrogens is 234 g/mol. The molecule has 5 nitrogen and oxygen atoms in total. The van der Waals surface area contributed by atoms with E-state index < -0.39 is 11.4 Å². The molecule has 1 aromatic rings. The van der Waals surface area contributed by atoms with E-state index in [-0.39, 0.29) is 19.3 Å². The summed E-state index contributed by atoms with van der Waals surface area (Å²) in [4.78, 5) is 11.5. The van der Waals surface area contributed by atoms with Crippen LogP contribution in [0, 0.1) is 5.41 Å². The molecule has 0 radical (unpaired) electrons. The van der Waals surface area contributed by atoms with Crippen LogP contribution in [0.3, 0.4) is 0 Å². The molecule has 1 heterocycles. The van der Waals surface area contributed by atoms with Crippen molar-refractivity contribution in [2.75, 3.05) is 27.4 Å². The van der Waals surface area contributed by atoms with E-state index in [1.54, 1.807) is 14.2 Å². The minimum Gasteiger partial charge on any atom is -0.496 e. The molecule has 1 fully saturated rings. The summed E-state index contributed by atoms with van der Waals surface area (Å²) in [6.45, 7) is 0.428. The number of para-hydroxylation sites is 1. The van der Waals surface area contributed by atoms with Crippen molar-refractivity contribution in [3.05, 3.63) is 29.8 Å². The van der Waals surface area contributed by atoms with Crippen molar-refractivity contribution in [2.45, 2.75) is 6.04 Å². The van der Waals surface area contributed by atoms with Gasteiger partial charge in [-0.15, -0.1) is 0 Å². The van der Waals surface area contributed by atoms with E-state index in [0.717, 1.165) is 5.56 Å². The molecule has 18 heavy (non-hydrogen) atoms.